The zero-order valence-corrected chi connectivity index (χ0v) is 20.8. The minimum Gasteiger partial charge on any atom is -0.490 e. The number of hydrogen-bond donors (Lipinski definition) is 1. The van der Waals surface area contributed by atoms with Crippen LogP contribution in [0.3, 0.4) is 0 Å². The summed E-state index contributed by atoms with van der Waals surface area (Å²) in [5, 5.41) is 3.20. The lowest BCUT2D eigenvalue weighted by Gasteiger charge is -2.16. The van der Waals surface area contributed by atoms with Crippen molar-refractivity contribution in [2.24, 2.45) is 0 Å². The summed E-state index contributed by atoms with van der Waals surface area (Å²) in [7, 11) is 0. The van der Waals surface area contributed by atoms with Crippen LogP contribution in [0.1, 0.15) is 43.0 Å². The number of hydrogen-bond acceptors (Lipinski definition) is 8. The Morgan fingerprint density at radius 1 is 1.11 bits per heavy atom. The number of esters is 1. The number of rotatable bonds is 10. The quantitative estimate of drug-likeness (QED) is 0.250. The standard InChI is InChI=1S/C25H25FN2O5S2/c1-2-31-22(29)15-34-23-14-27-25(35-23)28-24(30)16-11-20(32-18-5-3-4-6-18)13-21(12-16)33-19-9-7-17(26)8-10-19/h7-14,18H,2-6,15H2,1H3,(H,27,28,30). The summed E-state index contributed by atoms with van der Waals surface area (Å²) in [4.78, 5) is 28.8. The molecule has 0 bridgehead atoms. The summed E-state index contributed by atoms with van der Waals surface area (Å²) in [6.45, 7) is 2.09. The lowest BCUT2D eigenvalue weighted by molar-refractivity contribution is -0.139. The van der Waals surface area contributed by atoms with E-state index >= 15 is 0 Å². The van der Waals surface area contributed by atoms with Crippen molar-refractivity contribution in [3.05, 3.63) is 60.0 Å². The maximum Gasteiger partial charge on any atom is 0.316 e. The number of amides is 1. The number of benzene rings is 2. The first-order valence-electron chi connectivity index (χ1n) is 11.3. The Labute approximate surface area is 211 Å². The van der Waals surface area contributed by atoms with E-state index in [0.29, 0.717) is 34.6 Å². The first-order chi connectivity index (χ1) is 17.0. The Hall–Kier alpha value is -3.11. The molecule has 3 aromatic rings. The van der Waals surface area contributed by atoms with Gasteiger partial charge >= 0.3 is 5.97 Å². The van der Waals surface area contributed by atoms with Gasteiger partial charge in [0.05, 0.1) is 28.9 Å². The fourth-order valence-corrected chi connectivity index (χ4v) is 5.22. The lowest BCUT2D eigenvalue weighted by Crippen LogP contribution is -2.14. The summed E-state index contributed by atoms with van der Waals surface area (Å²) in [6.07, 6.45) is 5.87. The summed E-state index contributed by atoms with van der Waals surface area (Å²) >= 11 is 2.57. The molecule has 0 aliphatic heterocycles. The van der Waals surface area contributed by atoms with Gasteiger partial charge in [-0.15, -0.1) is 11.8 Å². The number of thioether (sulfide) groups is 1. The highest BCUT2D eigenvalue weighted by atomic mass is 32.2. The molecule has 1 fully saturated rings. The Bertz CT molecular complexity index is 1160. The predicted octanol–water partition coefficient (Wildman–Crippen LogP) is 6.30. The van der Waals surface area contributed by atoms with Gasteiger partial charge in [-0.1, -0.05) is 11.3 Å². The molecule has 35 heavy (non-hydrogen) atoms. The number of carbonyl (C=O) groups is 2. The minimum absolute atomic E-state index is 0.102. The number of halogens is 1. The fourth-order valence-electron chi connectivity index (χ4n) is 3.55. The van der Waals surface area contributed by atoms with Gasteiger partial charge in [0.2, 0.25) is 0 Å². The molecule has 1 aliphatic rings. The molecule has 10 heteroatoms. The van der Waals surface area contributed by atoms with Crippen molar-refractivity contribution in [2.45, 2.75) is 42.9 Å². The molecule has 4 rings (SSSR count). The molecule has 1 saturated carbocycles. The molecule has 1 aliphatic carbocycles. The van der Waals surface area contributed by atoms with Crippen LogP contribution < -0.4 is 14.8 Å². The van der Waals surface area contributed by atoms with Gasteiger partial charge in [0, 0.05) is 11.6 Å². The van der Waals surface area contributed by atoms with Gasteiger partial charge in [0.15, 0.2) is 5.13 Å². The third kappa shape index (κ3) is 7.43. The van der Waals surface area contributed by atoms with Crippen molar-refractivity contribution in [1.82, 2.24) is 4.98 Å². The van der Waals surface area contributed by atoms with Gasteiger partial charge < -0.3 is 14.2 Å². The molecule has 184 valence electrons. The maximum absolute atomic E-state index is 13.3. The monoisotopic (exact) mass is 516 g/mol. The molecule has 1 amide bonds. The van der Waals surface area contributed by atoms with Gasteiger partial charge in [0.1, 0.15) is 23.1 Å². The van der Waals surface area contributed by atoms with E-state index < -0.39 is 0 Å². The summed E-state index contributed by atoms with van der Waals surface area (Å²) < 4.78 is 31.0. The second-order valence-corrected chi connectivity index (χ2v) is 10.1. The topological polar surface area (TPSA) is 86.8 Å². The number of anilines is 1. The van der Waals surface area contributed by atoms with E-state index in [0.717, 1.165) is 29.9 Å². The van der Waals surface area contributed by atoms with E-state index in [2.05, 4.69) is 10.3 Å². The molecule has 1 aromatic heterocycles. The molecule has 0 saturated heterocycles. The van der Waals surface area contributed by atoms with Crippen molar-refractivity contribution in [3.8, 4) is 17.2 Å². The molecule has 0 atom stereocenters. The molecule has 7 nitrogen and oxygen atoms in total. The van der Waals surface area contributed by atoms with Crippen LogP contribution in [0.2, 0.25) is 0 Å². The van der Waals surface area contributed by atoms with E-state index in [-0.39, 0.29) is 29.6 Å². The van der Waals surface area contributed by atoms with Gasteiger partial charge in [-0.05, 0) is 69.0 Å². The first kappa shape index (κ1) is 25.0. The van der Waals surface area contributed by atoms with E-state index in [1.165, 1.54) is 47.4 Å². The Kier molecular flexibility index (Phi) is 8.59. The van der Waals surface area contributed by atoms with E-state index in [4.69, 9.17) is 14.2 Å². The number of ether oxygens (including phenoxy) is 3. The lowest BCUT2D eigenvalue weighted by atomic mass is 10.2. The Morgan fingerprint density at radius 2 is 1.86 bits per heavy atom. The predicted molar refractivity (Wildman–Crippen MR) is 133 cm³/mol. The largest absolute Gasteiger partial charge is 0.490 e. The highest BCUT2D eigenvalue weighted by molar-refractivity contribution is 8.01. The minimum atomic E-state index is -0.373. The zero-order valence-electron chi connectivity index (χ0n) is 19.1. The number of nitrogens with one attached hydrogen (secondary N) is 1. The number of aromatic nitrogens is 1. The van der Waals surface area contributed by atoms with Crippen molar-refractivity contribution in [2.75, 3.05) is 17.7 Å². The van der Waals surface area contributed by atoms with Crippen LogP contribution in [0.25, 0.3) is 0 Å². The molecule has 0 radical (unpaired) electrons. The smallest absolute Gasteiger partial charge is 0.316 e. The van der Waals surface area contributed by atoms with Crippen LogP contribution in [0, 0.1) is 5.82 Å². The highest BCUT2D eigenvalue weighted by Crippen LogP contribution is 2.32. The van der Waals surface area contributed by atoms with Crippen molar-refractivity contribution in [3.63, 3.8) is 0 Å². The molecule has 0 unspecified atom stereocenters. The number of nitrogens with zero attached hydrogens (tertiary/aromatic N) is 1. The number of carbonyl (C=O) groups excluding carboxylic acids is 2. The van der Waals surface area contributed by atoms with Gasteiger partial charge in [-0.25, -0.2) is 9.37 Å². The molecule has 2 aromatic carbocycles. The first-order valence-corrected chi connectivity index (χ1v) is 13.1. The normalized spacial score (nSPS) is 13.4. The average molecular weight is 517 g/mol. The highest BCUT2D eigenvalue weighted by Gasteiger charge is 2.19. The third-order valence-electron chi connectivity index (χ3n) is 5.14. The Morgan fingerprint density at radius 3 is 2.60 bits per heavy atom. The molecular formula is C25H25FN2O5S2. The molecular weight excluding hydrogens is 491 g/mol. The van der Waals surface area contributed by atoms with Crippen LogP contribution in [0.4, 0.5) is 9.52 Å². The summed E-state index contributed by atoms with van der Waals surface area (Å²) in [5.74, 6) is 0.520. The van der Waals surface area contributed by atoms with Gasteiger partial charge in [-0.3, -0.25) is 14.9 Å². The molecule has 1 heterocycles. The third-order valence-corrected chi connectivity index (χ3v) is 7.22. The summed E-state index contributed by atoms with van der Waals surface area (Å²) in [5.41, 5.74) is 0.341. The Balaban J connectivity index is 1.48. The second-order valence-electron chi connectivity index (χ2n) is 7.81. The van der Waals surface area contributed by atoms with Crippen LogP contribution in [-0.4, -0.2) is 35.3 Å². The fraction of sp³-hybridized carbons (Fsp3) is 0.320. The molecule has 0 spiro atoms. The van der Waals surface area contributed by atoms with Crippen molar-refractivity contribution >= 4 is 40.1 Å². The van der Waals surface area contributed by atoms with Crippen LogP contribution >= 0.6 is 23.1 Å². The van der Waals surface area contributed by atoms with E-state index in [1.807, 2.05) is 0 Å². The van der Waals surface area contributed by atoms with Crippen LogP contribution in [0.15, 0.2) is 52.9 Å². The van der Waals surface area contributed by atoms with Crippen molar-refractivity contribution < 1.29 is 28.2 Å². The maximum atomic E-state index is 13.3. The van der Waals surface area contributed by atoms with Crippen LogP contribution in [-0.2, 0) is 9.53 Å². The average Bonchev–Trinajstić information content (AvgIpc) is 3.51. The summed E-state index contributed by atoms with van der Waals surface area (Å²) in [6, 6.07) is 10.7. The van der Waals surface area contributed by atoms with Crippen molar-refractivity contribution in [1.29, 1.82) is 0 Å². The zero-order chi connectivity index (χ0) is 24.6. The van der Waals surface area contributed by atoms with Gasteiger partial charge in [0.25, 0.3) is 5.91 Å². The molecule has 1 N–H and O–H groups in total. The SMILES string of the molecule is CCOC(=O)CSc1cnc(NC(=O)c2cc(Oc3ccc(F)cc3)cc(OC3CCCC3)c2)s1. The second kappa shape index (κ2) is 12.0. The number of thiazole rings is 1. The van der Waals surface area contributed by atoms with E-state index in [1.54, 1.807) is 31.3 Å². The van der Waals surface area contributed by atoms with Gasteiger partial charge in [-0.2, -0.15) is 0 Å². The van der Waals surface area contributed by atoms with Crippen LogP contribution in [0.5, 0.6) is 17.2 Å². The van der Waals surface area contributed by atoms with E-state index in [9.17, 15) is 14.0 Å².